The van der Waals surface area contributed by atoms with E-state index < -0.39 is 6.03 Å². The van der Waals surface area contributed by atoms with Crippen molar-refractivity contribution in [3.05, 3.63) is 59.7 Å². The number of carbonyl (C=O) groups is 1. The second-order valence-corrected chi connectivity index (χ2v) is 3.91. The summed E-state index contributed by atoms with van der Waals surface area (Å²) in [4.78, 5) is 10.9. The average molecular weight is 251 g/mol. The van der Waals surface area contributed by atoms with Gasteiger partial charge in [0.05, 0.1) is 5.69 Å². The molecule has 2 aromatic rings. The molecule has 0 unspecified atom stereocenters. The van der Waals surface area contributed by atoms with E-state index in [2.05, 4.69) is 17.2 Å². The van der Waals surface area contributed by atoms with Crippen molar-refractivity contribution >= 4 is 17.4 Å². The lowest BCUT2D eigenvalue weighted by molar-refractivity contribution is 0.259. The third-order valence-corrected chi connectivity index (χ3v) is 2.41. The van der Waals surface area contributed by atoms with Gasteiger partial charge >= 0.3 is 6.03 Å². The second kappa shape index (κ2) is 5.61. The van der Waals surface area contributed by atoms with E-state index in [1.807, 2.05) is 24.3 Å². The Morgan fingerprint density at radius 2 is 1.84 bits per heavy atom. The van der Waals surface area contributed by atoms with Crippen molar-refractivity contribution in [2.24, 2.45) is 5.73 Å². The Morgan fingerprint density at radius 1 is 1.05 bits per heavy atom. The minimum atomic E-state index is -0.613. The highest BCUT2D eigenvalue weighted by molar-refractivity contribution is 5.89. The molecule has 2 aromatic carbocycles. The Bertz CT molecular complexity index is 668. The molecule has 0 saturated heterocycles. The first kappa shape index (κ1) is 12.5. The quantitative estimate of drug-likeness (QED) is 0.536. The van der Waals surface area contributed by atoms with Crippen molar-refractivity contribution in [1.82, 2.24) is 0 Å². The van der Waals surface area contributed by atoms with E-state index in [9.17, 15) is 4.79 Å². The van der Waals surface area contributed by atoms with Gasteiger partial charge in [0.2, 0.25) is 0 Å². The standard InChI is InChI=1S/C15H13N3O/c16-13-6-3-4-11(10-13)8-9-12-5-1-2-7-14(12)18-15(17)19/h1-7,10H,16H2,(H3,17,18,19). The minimum absolute atomic E-state index is 0.589. The van der Waals surface area contributed by atoms with Crippen LogP contribution < -0.4 is 16.8 Å². The molecular formula is C15H13N3O. The second-order valence-electron chi connectivity index (χ2n) is 3.91. The zero-order valence-corrected chi connectivity index (χ0v) is 10.2. The molecule has 4 heteroatoms. The van der Waals surface area contributed by atoms with Crippen LogP contribution in [0.1, 0.15) is 11.1 Å². The number of hydrogen-bond acceptors (Lipinski definition) is 2. The summed E-state index contributed by atoms with van der Waals surface area (Å²) in [5.74, 6) is 5.98. The number of anilines is 2. The number of nitrogens with two attached hydrogens (primary N) is 2. The van der Waals surface area contributed by atoms with E-state index in [0.717, 1.165) is 5.56 Å². The molecule has 0 spiro atoms. The van der Waals surface area contributed by atoms with Crippen LogP contribution in [0.15, 0.2) is 48.5 Å². The molecule has 0 aromatic heterocycles. The largest absolute Gasteiger partial charge is 0.399 e. The fraction of sp³-hybridized carbons (Fsp3) is 0. The van der Waals surface area contributed by atoms with Crippen LogP contribution in [0.5, 0.6) is 0 Å². The minimum Gasteiger partial charge on any atom is -0.399 e. The topological polar surface area (TPSA) is 81.1 Å². The summed E-state index contributed by atoms with van der Waals surface area (Å²) in [6.45, 7) is 0. The molecule has 0 saturated carbocycles. The molecule has 2 rings (SSSR count). The molecule has 94 valence electrons. The number of urea groups is 1. The smallest absolute Gasteiger partial charge is 0.316 e. The molecule has 0 aliphatic rings. The first-order chi connectivity index (χ1) is 9.15. The lowest BCUT2D eigenvalue weighted by atomic mass is 10.1. The average Bonchev–Trinajstić information content (AvgIpc) is 2.37. The van der Waals surface area contributed by atoms with E-state index in [1.165, 1.54) is 0 Å². The Balaban J connectivity index is 2.31. The number of nitrogens with one attached hydrogen (secondary N) is 1. The monoisotopic (exact) mass is 251 g/mol. The third-order valence-electron chi connectivity index (χ3n) is 2.41. The Labute approximate surface area is 111 Å². The molecule has 0 radical (unpaired) electrons. The summed E-state index contributed by atoms with van der Waals surface area (Å²) < 4.78 is 0. The van der Waals surface area contributed by atoms with Gasteiger partial charge in [-0.05, 0) is 30.3 Å². The summed E-state index contributed by atoms with van der Waals surface area (Å²) in [6.07, 6.45) is 0. The fourth-order valence-electron chi connectivity index (χ4n) is 1.59. The number of para-hydroxylation sites is 1. The first-order valence-electron chi connectivity index (χ1n) is 5.68. The molecular weight excluding hydrogens is 238 g/mol. The fourth-order valence-corrected chi connectivity index (χ4v) is 1.59. The molecule has 0 aliphatic carbocycles. The Kier molecular flexibility index (Phi) is 3.70. The highest BCUT2D eigenvalue weighted by atomic mass is 16.2. The number of hydrogen-bond donors (Lipinski definition) is 3. The van der Waals surface area contributed by atoms with Crippen molar-refractivity contribution in [2.45, 2.75) is 0 Å². The first-order valence-corrected chi connectivity index (χ1v) is 5.68. The van der Waals surface area contributed by atoms with E-state index in [0.29, 0.717) is 16.9 Å². The third kappa shape index (κ3) is 3.51. The highest BCUT2D eigenvalue weighted by Gasteiger charge is 2.00. The number of benzene rings is 2. The van der Waals surface area contributed by atoms with Gasteiger partial charge < -0.3 is 16.8 Å². The molecule has 4 nitrogen and oxygen atoms in total. The zero-order chi connectivity index (χ0) is 13.7. The number of nitrogen functional groups attached to an aromatic ring is 1. The van der Waals surface area contributed by atoms with Gasteiger partial charge in [0.25, 0.3) is 0 Å². The van der Waals surface area contributed by atoms with Crippen molar-refractivity contribution in [2.75, 3.05) is 11.1 Å². The van der Waals surface area contributed by atoms with E-state index in [-0.39, 0.29) is 0 Å². The summed E-state index contributed by atoms with van der Waals surface area (Å²) in [5.41, 5.74) is 13.6. The van der Waals surface area contributed by atoms with Crippen LogP contribution in [0.3, 0.4) is 0 Å². The van der Waals surface area contributed by atoms with Crippen molar-refractivity contribution in [3.8, 4) is 11.8 Å². The van der Waals surface area contributed by atoms with Gasteiger partial charge in [-0.2, -0.15) is 0 Å². The molecule has 0 heterocycles. The number of amides is 2. The van der Waals surface area contributed by atoms with Crippen molar-refractivity contribution in [3.63, 3.8) is 0 Å². The molecule has 19 heavy (non-hydrogen) atoms. The predicted octanol–water partition coefficient (Wildman–Crippen LogP) is 2.16. The molecule has 0 fully saturated rings. The van der Waals surface area contributed by atoms with Crippen molar-refractivity contribution < 1.29 is 4.79 Å². The normalized spacial score (nSPS) is 9.26. The van der Waals surface area contributed by atoms with Gasteiger partial charge in [-0.1, -0.05) is 30.0 Å². The van der Waals surface area contributed by atoms with Crippen LogP contribution in [0, 0.1) is 11.8 Å². The number of rotatable bonds is 1. The summed E-state index contributed by atoms with van der Waals surface area (Å²) in [6, 6.07) is 13.9. The van der Waals surface area contributed by atoms with Crippen LogP contribution in [0.25, 0.3) is 0 Å². The van der Waals surface area contributed by atoms with Gasteiger partial charge in [-0.3, -0.25) is 0 Å². The van der Waals surface area contributed by atoms with Crippen LogP contribution in [-0.2, 0) is 0 Å². The van der Waals surface area contributed by atoms with Gasteiger partial charge in [-0.25, -0.2) is 4.79 Å². The Hall–Kier alpha value is -2.93. The maximum absolute atomic E-state index is 10.9. The van der Waals surface area contributed by atoms with E-state index in [1.54, 1.807) is 24.3 Å². The number of primary amides is 1. The lowest BCUT2D eigenvalue weighted by Gasteiger charge is -2.03. The van der Waals surface area contributed by atoms with Gasteiger partial charge in [0.1, 0.15) is 0 Å². The van der Waals surface area contributed by atoms with Crippen molar-refractivity contribution in [1.29, 1.82) is 0 Å². The van der Waals surface area contributed by atoms with Crippen LogP contribution in [0.2, 0.25) is 0 Å². The van der Waals surface area contributed by atoms with Gasteiger partial charge in [-0.15, -0.1) is 0 Å². The molecule has 0 bridgehead atoms. The molecule has 5 N–H and O–H groups in total. The maximum atomic E-state index is 10.9. The van der Waals surface area contributed by atoms with Crippen LogP contribution in [0.4, 0.5) is 16.2 Å². The molecule has 2 amide bonds. The van der Waals surface area contributed by atoms with Crippen LogP contribution in [-0.4, -0.2) is 6.03 Å². The molecule has 0 aliphatic heterocycles. The SMILES string of the molecule is NC(=O)Nc1ccccc1C#Cc1cccc(N)c1. The summed E-state index contributed by atoms with van der Waals surface area (Å²) in [7, 11) is 0. The van der Waals surface area contributed by atoms with E-state index in [4.69, 9.17) is 11.5 Å². The maximum Gasteiger partial charge on any atom is 0.316 e. The number of carbonyl (C=O) groups excluding carboxylic acids is 1. The molecule has 0 atom stereocenters. The van der Waals surface area contributed by atoms with E-state index >= 15 is 0 Å². The van der Waals surface area contributed by atoms with Crippen LogP contribution >= 0.6 is 0 Å². The summed E-state index contributed by atoms with van der Waals surface area (Å²) in [5, 5.41) is 2.53. The predicted molar refractivity (Wildman–Crippen MR) is 76.5 cm³/mol. The Morgan fingerprint density at radius 3 is 2.58 bits per heavy atom. The van der Waals surface area contributed by atoms with Gasteiger partial charge in [0.15, 0.2) is 0 Å². The zero-order valence-electron chi connectivity index (χ0n) is 10.2. The van der Waals surface area contributed by atoms with Gasteiger partial charge in [0, 0.05) is 16.8 Å². The highest BCUT2D eigenvalue weighted by Crippen LogP contribution is 2.13. The lowest BCUT2D eigenvalue weighted by Crippen LogP contribution is -2.19. The summed E-state index contributed by atoms with van der Waals surface area (Å²) >= 11 is 0.